The van der Waals surface area contributed by atoms with Crippen LogP contribution >= 0.6 is 0 Å². The van der Waals surface area contributed by atoms with Crippen molar-refractivity contribution in [2.75, 3.05) is 0 Å². The summed E-state index contributed by atoms with van der Waals surface area (Å²) in [7, 11) is 0. The highest BCUT2D eigenvalue weighted by Gasteiger charge is 2.20. The van der Waals surface area contributed by atoms with Crippen LogP contribution in [0, 0.1) is 35.5 Å². The SMILES string of the molecule is CCCCCCCCC#Cc1ccc(C#Cc2ccc(CCC3CCC(CCCCCCC)CC3)cc2)cc1. The van der Waals surface area contributed by atoms with Crippen molar-refractivity contribution >= 4 is 0 Å². The Morgan fingerprint density at radius 3 is 1.56 bits per heavy atom. The molecule has 2 aromatic carbocycles. The van der Waals surface area contributed by atoms with Crippen LogP contribution in [-0.2, 0) is 6.42 Å². The molecular formula is C39H54. The molecule has 1 fully saturated rings. The second kappa shape index (κ2) is 19.6. The van der Waals surface area contributed by atoms with Crippen molar-refractivity contribution in [2.45, 2.75) is 136 Å². The molecule has 0 nitrogen and oxygen atoms in total. The molecule has 0 heteroatoms. The van der Waals surface area contributed by atoms with Gasteiger partial charge >= 0.3 is 0 Å². The predicted molar refractivity (Wildman–Crippen MR) is 171 cm³/mol. The van der Waals surface area contributed by atoms with Gasteiger partial charge in [-0.2, -0.15) is 0 Å². The quantitative estimate of drug-likeness (QED) is 0.161. The van der Waals surface area contributed by atoms with E-state index >= 15 is 0 Å². The predicted octanol–water partition coefficient (Wildman–Crippen LogP) is 11.3. The number of aryl methyl sites for hydroxylation is 1. The molecule has 39 heavy (non-hydrogen) atoms. The maximum absolute atomic E-state index is 3.34. The summed E-state index contributed by atoms with van der Waals surface area (Å²) < 4.78 is 0. The van der Waals surface area contributed by atoms with Gasteiger partial charge in [0.25, 0.3) is 0 Å². The van der Waals surface area contributed by atoms with Gasteiger partial charge in [-0.05, 0) is 73.1 Å². The van der Waals surface area contributed by atoms with Gasteiger partial charge in [0, 0.05) is 23.1 Å². The van der Waals surface area contributed by atoms with Crippen LogP contribution < -0.4 is 0 Å². The second-order valence-corrected chi connectivity index (χ2v) is 12.0. The van der Waals surface area contributed by atoms with E-state index in [0.29, 0.717) is 0 Å². The maximum atomic E-state index is 3.34. The zero-order chi connectivity index (χ0) is 27.4. The molecular weight excluding hydrogens is 468 g/mol. The molecule has 0 N–H and O–H groups in total. The van der Waals surface area contributed by atoms with E-state index in [1.807, 2.05) is 0 Å². The lowest BCUT2D eigenvalue weighted by atomic mass is 9.77. The van der Waals surface area contributed by atoms with Gasteiger partial charge in [-0.15, -0.1) is 0 Å². The summed E-state index contributed by atoms with van der Waals surface area (Å²) in [4.78, 5) is 0. The van der Waals surface area contributed by atoms with Crippen LogP contribution in [0.2, 0.25) is 0 Å². The van der Waals surface area contributed by atoms with Gasteiger partial charge in [-0.1, -0.05) is 146 Å². The van der Waals surface area contributed by atoms with Crippen LogP contribution in [0.3, 0.4) is 0 Å². The number of unbranched alkanes of at least 4 members (excludes halogenated alkanes) is 10. The normalized spacial score (nSPS) is 16.7. The van der Waals surface area contributed by atoms with Crippen LogP contribution in [0.1, 0.15) is 152 Å². The van der Waals surface area contributed by atoms with Gasteiger partial charge in [0.15, 0.2) is 0 Å². The minimum absolute atomic E-state index is 0.934. The Hall–Kier alpha value is -2.44. The van der Waals surface area contributed by atoms with Crippen molar-refractivity contribution in [3.8, 4) is 23.7 Å². The summed E-state index contributed by atoms with van der Waals surface area (Å²) in [5.41, 5.74) is 4.70. The summed E-state index contributed by atoms with van der Waals surface area (Å²) in [5, 5.41) is 0. The standard InChI is InChI=1S/C39H54/c1-3-5-7-9-10-11-13-15-17-35-20-24-37(25-21-35)27-29-39-32-30-38(31-33-39)28-26-36-22-18-34(19-23-36)16-14-12-8-6-4-2/h20-21,24-25,30-34,36H,3-14,16,18-19,22-23,26,28H2,1-2H3. The zero-order valence-electron chi connectivity index (χ0n) is 25.2. The molecule has 0 aromatic heterocycles. The Labute approximate surface area is 241 Å². The molecule has 0 aliphatic heterocycles. The zero-order valence-corrected chi connectivity index (χ0v) is 25.2. The molecule has 0 unspecified atom stereocenters. The number of hydrogen-bond acceptors (Lipinski definition) is 0. The summed E-state index contributed by atoms with van der Waals surface area (Å²) in [5.74, 6) is 15.3. The van der Waals surface area contributed by atoms with E-state index in [1.165, 1.54) is 121 Å². The van der Waals surface area contributed by atoms with Crippen LogP contribution in [0.5, 0.6) is 0 Å². The molecule has 0 heterocycles. The molecule has 210 valence electrons. The van der Waals surface area contributed by atoms with Crippen LogP contribution in [0.4, 0.5) is 0 Å². The molecule has 0 radical (unpaired) electrons. The van der Waals surface area contributed by atoms with Crippen LogP contribution in [0.25, 0.3) is 0 Å². The highest BCUT2D eigenvalue weighted by atomic mass is 14.3. The average molecular weight is 523 g/mol. The van der Waals surface area contributed by atoms with Crippen molar-refractivity contribution in [3.05, 3.63) is 70.8 Å². The van der Waals surface area contributed by atoms with E-state index in [2.05, 4.69) is 86.1 Å². The van der Waals surface area contributed by atoms with Crippen molar-refractivity contribution in [2.24, 2.45) is 11.8 Å². The van der Waals surface area contributed by atoms with Gasteiger partial charge in [-0.3, -0.25) is 0 Å². The minimum atomic E-state index is 0.934. The van der Waals surface area contributed by atoms with Gasteiger partial charge in [-0.25, -0.2) is 0 Å². The fourth-order valence-electron chi connectivity index (χ4n) is 5.91. The fourth-order valence-corrected chi connectivity index (χ4v) is 5.91. The van der Waals surface area contributed by atoms with E-state index in [9.17, 15) is 0 Å². The first kappa shape index (κ1) is 31.1. The topological polar surface area (TPSA) is 0 Å². The Balaban J connectivity index is 1.32. The van der Waals surface area contributed by atoms with E-state index in [-0.39, 0.29) is 0 Å². The van der Waals surface area contributed by atoms with Gasteiger partial charge in [0.2, 0.25) is 0 Å². The lowest BCUT2D eigenvalue weighted by molar-refractivity contribution is 0.248. The minimum Gasteiger partial charge on any atom is -0.0979 e. The largest absolute Gasteiger partial charge is 0.0979 e. The van der Waals surface area contributed by atoms with Crippen LogP contribution in [-0.4, -0.2) is 0 Å². The average Bonchev–Trinajstić information content (AvgIpc) is 2.98. The number of rotatable bonds is 15. The third kappa shape index (κ3) is 13.5. The summed E-state index contributed by atoms with van der Waals surface area (Å²) in [6.07, 6.45) is 26.0. The first-order valence-electron chi connectivity index (χ1n) is 16.5. The monoisotopic (exact) mass is 522 g/mol. The van der Waals surface area contributed by atoms with Gasteiger partial charge in [0.1, 0.15) is 0 Å². The van der Waals surface area contributed by atoms with Crippen LogP contribution in [0.15, 0.2) is 48.5 Å². The molecule has 0 saturated heterocycles. The fraction of sp³-hybridized carbons (Fsp3) is 0.590. The molecule has 1 aliphatic rings. The second-order valence-electron chi connectivity index (χ2n) is 12.0. The van der Waals surface area contributed by atoms with Crippen molar-refractivity contribution < 1.29 is 0 Å². The van der Waals surface area contributed by atoms with E-state index in [0.717, 1.165) is 34.9 Å². The molecule has 1 saturated carbocycles. The van der Waals surface area contributed by atoms with Gasteiger partial charge in [0.05, 0.1) is 0 Å². The third-order valence-corrected chi connectivity index (χ3v) is 8.60. The maximum Gasteiger partial charge on any atom is 0.0249 e. The molecule has 0 spiro atoms. The highest BCUT2D eigenvalue weighted by Crippen LogP contribution is 2.34. The summed E-state index contributed by atoms with van der Waals surface area (Å²) in [6, 6.07) is 17.3. The van der Waals surface area contributed by atoms with Gasteiger partial charge < -0.3 is 0 Å². The molecule has 3 rings (SSSR count). The van der Waals surface area contributed by atoms with Crippen molar-refractivity contribution in [1.29, 1.82) is 0 Å². The molecule has 1 aliphatic carbocycles. The Morgan fingerprint density at radius 1 is 0.513 bits per heavy atom. The molecule has 2 aromatic rings. The summed E-state index contributed by atoms with van der Waals surface area (Å²) in [6.45, 7) is 4.57. The first-order chi connectivity index (χ1) is 19.3. The lowest BCUT2D eigenvalue weighted by Gasteiger charge is -2.28. The summed E-state index contributed by atoms with van der Waals surface area (Å²) >= 11 is 0. The molecule has 0 amide bonds. The number of benzene rings is 2. The Morgan fingerprint density at radius 2 is 0.974 bits per heavy atom. The Kier molecular flexibility index (Phi) is 15.6. The Bertz CT molecular complexity index is 1010. The molecule has 0 bridgehead atoms. The lowest BCUT2D eigenvalue weighted by Crippen LogP contribution is -2.15. The van der Waals surface area contributed by atoms with E-state index in [4.69, 9.17) is 0 Å². The molecule has 0 atom stereocenters. The van der Waals surface area contributed by atoms with E-state index in [1.54, 1.807) is 0 Å². The first-order valence-corrected chi connectivity index (χ1v) is 16.5. The third-order valence-electron chi connectivity index (χ3n) is 8.60. The van der Waals surface area contributed by atoms with Crippen molar-refractivity contribution in [1.82, 2.24) is 0 Å². The van der Waals surface area contributed by atoms with Crippen molar-refractivity contribution in [3.63, 3.8) is 0 Å². The smallest absolute Gasteiger partial charge is 0.0249 e. The number of hydrogen-bond donors (Lipinski definition) is 0. The highest BCUT2D eigenvalue weighted by molar-refractivity contribution is 5.46. The van der Waals surface area contributed by atoms with E-state index < -0.39 is 0 Å².